The number of carbonyl (C=O) groups is 1. The van der Waals surface area contributed by atoms with E-state index in [1.165, 1.54) is 11.8 Å². The Morgan fingerprint density at radius 1 is 1.64 bits per heavy atom. The first-order valence-electron chi connectivity index (χ1n) is 4.65. The molecule has 0 radical (unpaired) electrons. The molecule has 4 nitrogen and oxygen atoms in total. The Bertz CT molecular complexity index is 177. The molecule has 5 heteroatoms. The maximum atomic E-state index is 11.5. The lowest BCUT2D eigenvalue weighted by molar-refractivity contribution is -0.149. The van der Waals surface area contributed by atoms with Crippen LogP contribution in [-0.2, 0) is 9.53 Å². The van der Waals surface area contributed by atoms with Crippen LogP contribution in [0.1, 0.15) is 13.8 Å². The van der Waals surface area contributed by atoms with Crippen LogP contribution < -0.4 is 5.32 Å². The minimum Gasteiger partial charge on any atom is -0.465 e. The molecule has 0 aromatic carbocycles. The fourth-order valence-corrected chi connectivity index (χ4v) is 1.81. The summed E-state index contributed by atoms with van der Waals surface area (Å²) < 4.78 is 4.95. The molecule has 0 aliphatic heterocycles. The molecule has 0 amide bonds. The Labute approximate surface area is 89.4 Å². The number of esters is 1. The number of thioether (sulfide) groups is 1. The third-order valence-corrected chi connectivity index (χ3v) is 3.16. The van der Waals surface area contributed by atoms with Crippen molar-refractivity contribution in [2.24, 2.45) is 0 Å². The monoisotopic (exact) mass is 221 g/mol. The molecule has 1 unspecified atom stereocenters. The number of aliphatic hydroxyl groups excluding tert-OH is 1. The van der Waals surface area contributed by atoms with E-state index >= 15 is 0 Å². The van der Waals surface area contributed by atoms with Crippen LogP contribution in [0.15, 0.2) is 0 Å². The van der Waals surface area contributed by atoms with Crippen molar-refractivity contribution in [1.82, 2.24) is 5.32 Å². The molecule has 0 fully saturated rings. The van der Waals surface area contributed by atoms with E-state index in [-0.39, 0.29) is 12.6 Å². The number of aliphatic hydroxyl groups is 1. The van der Waals surface area contributed by atoms with Crippen LogP contribution in [0.5, 0.6) is 0 Å². The number of hydrogen-bond donors (Lipinski definition) is 2. The minimum absolute atomic E-state index is 0.132. The van der Waals surface area contributed by atoms with Crippen LogP contribution in [-0.4, -0.2) is 48.4 Å². The van der Waals surface area contributed by atoms with Gasteiger partial charge < -0.3 is 15.2 Å². The highest BCUT2D eigenvalue weighted by molar-refractivity contribution is 7.99. The summed E-state index contributed by atoms with van der Waals surface area (Å²) in [7, 11) is 1.73. The van der Waals surface area contributed by atoms with E-state index in [9.17, 15) is 4.79 Å². The van der Waals surface area contributed by atoms with Crippen LogP contribution in [0.2, 0.25) is 0 Å². The Morgan fingerprint density at radius 3 is 2.71 bits per heavy atom. The number of hydrogen-bond acceptors (Lipinski definition) is 5. The predicted molar refractivity (Wildman–Crippen MR) is 58.5 cm³/mol. The van der Waals surface area contributed by atoms with Crippen molar-refractivity contribution in [3.63, 3.8) is 0 Å². The van der Waals surface area contributed by atoms with Crippen LogP contribution in [0, 0.1) is 0 Å². The van der Waals surface area contributed by atoms with Gasteiger partial charge in [-0.25, -0.2) is 0 Å². The average molecular weight is 221 g/mol. The topological polar surface area (TPSA) is 58.6 Å². The van der Waals surface area contributed by atoms with Gasteiger partial charge in [0.2, 0.25) is 0 Å². The summed E-state index contributed by atoms with van der Waals surface area (Å²) in [5.41, 5.74) is -0.657. The molecule has 0 saturated heterocycles. The van der Waals surface area contributed by atoms with Gasteiger partial charge in [-0.2, -0.15) is 11.8 Å². The van der Waals surface area contributed by atoms with Gasteiger partial charge in [-0.1, -0.05) is 0 Å². The van der Waals surface area contributed by atoms with Gasteiger partial charge in [0, 0.05) is 11.5 Å². The first-order valence-corrected chi connectivity index (χ1v) is 5.81. The van der Waals surface area contributed by atoms with Crippen molar-refractivity contribution >= 4 is 17.7 Å². The molecule has 14 heavy (non-hydrogen) atoms. The quantitative estimate of drug-likeness (QED) is 0.477. The SMILES string of the molecule is CCOC(=O)C(C)(CSCCO)NC. The maximum absolute atomic E-state index is 11.5. The Kier molecular flexibility index (Phi) is 6.96. The first kappa shape index (κ1) is 13.7. The van der Waals surface area contributed by atoms with Crippen molar-refractivity contribution in [1.29, 1.82) is 0 Å². The Morgan fingerprint density at radius 2 is 2.29 bits per heavy atom. The molecular weight excluding hydrogens is 202 g/mol. The third kappa shape index (κ3) is 4.30. The second-order valence-electron chi connectivity index (χ2n) is 3.08. The lowest BCUT2D eigenvalue weighted by Gasteiger charge is -2.26. The van der Waals surface area contributed by atoms with E-state index in [0.29, 0.717) is 18.1 Å². The van der Waals surface area contributed by atoms with Gasteiger partial charge in [0.1, 0.15) is 5.54 Å². The summed E-state index contributed by atoms with van der Waals surface area (Å²) in [5.74, 6) is 0.993. The van der Waals surface area contributed by atoms with E-state index in [4.69, 9.17) is 9.84 Å². The largest absolute Gasteiger partial charge is 0.465 e. The van der Waals surface area contributed by atoms with Crippen molar-refractivity contribution in [3.05, 3.63) is 0 Å². The standard InChI is InChI=1S/C9H19NO3S/c1-4-13-8(12)9(2,10-3)7-14-6-5-11/h10-11H,4-7H2,1-3H3. The normalized spacial score (nSPS) is 14.9. The summed E-state index contributed by atoms with van der Waals surface area (Å²) in [6.45, 7) is 4.11. The second-order valence-corrected chi connectivity index (χ2v) is 4.18. The highest BCUT2D eigenvalue weighted by Gasteiger charge is 2.32. The van der Waals surface area contributed by atoms with E-state index < -0.39 is 5.54 Å². The van der Waals surface area contributed by atoms with Crippen molar-refractivity contribution in [2.75, 3.05) is 31.8 Å². The van der Waals surface area contributed by atoms with E-state index in [1.807, 2.05) is 0 Å². The number of carbonyl (C=O) groups excluding carboxylic acids is 1. The highest BCUT2D eigenvalue weighted by Crippen LogP contribution is 2.14. The summed E-state index contributed by atoms with van der Waals surface area (Å²) in [4.78, 5) is 11.5. The molecule has 0 aliphatic rings. The molecule has 0 saturated carbocycles. The van der Waals surface area contributed by atoms with Crippen molar-refractivity contribution in [3.8, 4) is 0 Å². The number of rotatable bonds is 7. The van der Waals surface area contributed by atoms with Crippen LogP contribution in [0.25, 0.3) is 0 Å². The summed E-state index contributed by atoms with van der Waals surface area (Å²) in [6.07, 6.45) is 0. The zero-order valence-corrected chi connectivity index (χ0v) is 9.82. The molecular formula is C9H19NO3S. The van der Waals surface area contributed by atoms with Crippen LogP contribution >= 0.6 is 11.8 Å². The van der Waals surface area contributed by atoms with E-state index in [0.717, 1.165) is 0 Å². The lowest BCUT2D eigenvalue weighted by atomic mass is 10.1. The van der Waals surface area contributed by atoms with E-state index in [2.05, 4.69) is 5.32 Å². The molecule has 0 aliphatic carbocycles. The van der Waals surface area contributed by atoms with Gasteiger partial charge in [-0.05, 0) is 20.9 Å². The zero-order chi connectivity index (χ0) is 11.0. The molecule has 84 valence electrons. The van der Waals surface area contributed by atoms with Gasteiger partial charge in [0.05, 0.1) is 13.2 Å². The Hall–Kier alpha value is -0.260. The smallest absolute Gasteiger partial charge is 0.326 e. The maximum Gasteiger partial charge on any atom is 0.326 e. The summed E-state index contributed by atoms with van der Waals surface area (Å²) in [6, 6.07) is 0. The van der Waals surface area contributed by atoms with E-state index in [1.54, 1.807) is 20.9 Å². The molecule has 0 rings (SSSR count). The first-order chi connectivity index (χ1) is 6.60. The average Bonchev–Trinajstić information content (AvgIpc) is 2.18. The number of ether oxygens (including phenoxy) is 1. The lowest BCUT2D eigenvalue weighted by Crippen LogP contribution is -2.51. The van der Waals surface area contributed by atoms with Gasteiger partial charge in [-0.3, -0.25) is 4.79 Å². The molecule has 0 spiro atoms. The van der Waals surface area contributed by atoms with Gasteiger partial charge in [0.15, 0.2) is 0 Å². The molecule has 0 aromatic rings. The molecule has 2 N–H and O–H groups in total. The summed E-state index contributed by atoms with van der Waals surface area (Å²) >= 11 is 1.53. The molecule has 0 bridgehead atoms. The Balaban J connectivity index is 4.09. The third-order valence-electron chi connectivity index (χ3n) is 1.90. The van der Waals surface area contributed by atoms with Crippen LogP contribution in [0.4, 0.5) is 0 Å². The van der Waals surface area contributed by atoms with Gasteiger partial charge in [-0.15, -0.1) is 0 Å². The highest BCUT2D eigenvalue weighted by atomic mass is 32.2. The van der Waals surface area contributed by atoms with Gasteiger partial charge in [0.25, 0.3) is 0 Å². The molecule has 0 aromatic heterocycles. The zero-order valence-electron chi connectivity index (χ0n) is 9.00. The number of likely N-dealkylation sites (N-methyl/N-ethyl adjacent to an activating group) is 1. The minimum atomic E-state index is -0.657. The summed E-state index contributed by atoms with van der Waals surface area (Å²) in [5, 5.41) is 11.6. The predicted octanol–water partition coefficient (Wildman–Crippen LogP) is 0.253. The van der Waals surface area contributed by atoms with Crippen molar-refractivity contribution in [2.45, 2.75) is 19.4 Å². The molecule has 1 atom stereocenters. The fourth-order valence-electron chi connectivity index (χ4n) is 0.864. The second kappa shape index (κ2) is 7.09. The van der Waals surface area contributed by atoms with Crippen LogP contribution in [0.3, 0.4) is 0 Å². The van der Waals surface area contributed by atoms with Gasteiger partial charge >= 0.3 is 5.97 Å². The van der Waals surface area contributed by atoms with Crippen molar-refractivity contribution < 1.29 is 14.6 Å². The molecule has 0 heterocycles. The number of nitrogens with one attached hydrogen (secondary N) is 1. The fraction of sp³-hybridized carbons (Fsp3) is 0.889.